The van der Waals surface area contributed by atoms with E-state index in [2.05, 4.69) is 15.6 Å². The highest BCUT2D eigenvalue weighted by Crippen LogP contribution is 2.29. The van der Waals surface area contributed by atoms with Gasteiger partial charge in [-0.3, -0.25) is 4.99 Å². The molecule has 1 atom stereocenters. The molecular weight excluding hydrogens is 495 g/mol. The van der Waals surface area contributed by atoms with Crippen molar-refractivity contribution in [3.63, 3.8) is 0 Å². The number of aliphatic hydroxyl groups excluding tert-OH is 1. The van der Waals surface area contributed by atoms with Crippen LogP contribution < -0.4 is 10.6 Å². The van der Waals surface area contributed by atoms with Crippen LogP contribution in [0.3, 0.4) is 0 Å². The van der Waals surface area contributed by atoms with E-state index in [0.717, 1.165) is 21.0 Å². The molecule has 0 aliphatic rings. The number of aliphatic imine (C=N–C) groups is 1. The molecule has 1 heterocycles. The van der Waals surface area contributed by atoms with Gasteiger partial charge in [0.15, 0.2) is 5.96 Å². The van der Waals surface area contributed by atoms with Crippen LogP contribution in [-0.4, -0.2) is 31.2 Å². The molecule has 1 unspecified atom stereocenters. The largest absolute Gasteiger partial charge is 0.386 e. The fraction of sp³-hybridized carbons (Fsp3) is 0.250. The normalized spacial score (nSPS) is 12.5. The Morgan fingerprint density at radius 2 is 1.82 bits per heavy atom. The Balaban J connectivity index is 0.00000280. The van der Waals surface area contributed by atoms with Crippen LogP contribution in [-0.2, 0) is 6.42 Å². The highest BCUT2D eigenvalue weighted by Gasteiger charge is 2.12. The van der Waals surface area contributed by atoms with E-state index < -0.39 is 17.7 Å². The monoisotopic (exact) mass is 517 g/mol. The van der Waals surface area contributed by atoms with E-state index in [1.54, 1.807) is 18.4 Å². The third kappa shape index (κ3) is 6.11. The van der Waals surface area contributed by atoms with Gasteiger partial charge in [0.1, 0.15) is 17.7 Å². The molecule has 0 saturated carbocycles. The number of benzene rings is 2. The minimum Gasteiger partial charge on any atom is -0.386 e. The van der Waals surface area contributed by atoms with Gasteiger partial charge in [-0.2, -0.15) is 0 Å². The number of hydrogen-bond acceptors (Lipinski definition) is 3. The molecule has 1 aromatic heterocycles. The first-order chi connectivity index (χ1) is 13.0. The zero-order chi connectivity index (χ0) is 19.2. The highest BCUT2D eigenvalue weighted by molar-refractivity contribution is 14.0. The Labute approximate surface area is 183 Å². The van der Waals surface area contributed by atoms with Crippen molar-refractivity contribution in [3.8, 4) is 0 Å². The Kier molecular flexibility index (Phi) is 8.58. The summed E-state index contributed by atoms with van der Waals surface area (Å²) in [5.41, 5.74) is 0.570. The fourth-order valence-corrected chi connectivity index (χ4v) is 3.81. The van der Waals surface area contributed by atoms with Crippen molar-refractivity contribution in [1.29, 1.82) is 0 Å². The Bertz CT molecular complexity index is 895. The van der Waals surface area contributed by atoms with E-state index in [-0.39, 0.29) is 24.0 Å². The van der Waals surface area contributed by atoms with Crippen molar-refractivity contribution in [2.45, 2.75) is 12.5 Å². The van der Waals surface area contributed by atoms with E-state index in [1.165, 1.54) is 12.1 Å². The summed E-state index contributed by atoms with van der Waals surface area (Å²) in [5.74, 6) is -0.648. The molecule has 150 valence electrons. The van der Waals surface area contributed by atoms with Crippen molar-refractivity contribution >= 4 is 51.4 Å². The Hall–Kier alpha value is -1.78. The van der Waals surface area contributed by atoms with E-state index in [0.29, 0.717) is 31.0 Å². The molecule has 2 aromatic carbocycles. The molecule has 3 aromatic rings. The third-order valence-electron chi connectivity index (χ3n) is 4.09. The highest BCUT2D eigenvalue weighted by atomic mass is 127. The zero-order valence-electron chi connectivity index (χ0n) is 15.3. The fourth-order valence-electron chi connectivity index (χ4n) is 2.76. The molecule has 0 aliphatic carbocycles. The summed E-state index contributed by atoms with van der Waals surface area (Å²) < 4.78 is 27.5. The van der Waals surface area contributed by atoms with Crippen molar-refractivity contribution in [1.82, 2.24) is 10.6 Å². The number of rotatable bonds is 6. The number of nitrogens with zero attached hydrogens (tertiary/aromatic N) is 1. The molecule has 3 rings (SSSR count). The summed E-state index contributed by atoms with van der Waals surface area (Å²) in [6, 6.07) is 13.5. The van der Waals surface area contributed by atoms with Crippen LogP contribution in [0, 0.1) is 11.6 Å². The molecule has 0 bridgehead atoms. The summed E-state index contributed by atoms with van der Waals surface area (Å²) in [6.45, 7) is 0.767. The van der Waals surface area contributed by atoms with E-state index in [4.69, 9.17) is 0 Å². The predicted molar refractivity (Wildman–Crippen MR) is 122 cm³/mol. The van der Waals surface area contributed by atoms with Gasteiger partial charge in [-0.1, -0.05) is 18.2 Å². The number of aliphatic hydroxyl groups is 1. The maximum Gasteiger partial charge on any atom is 0.191 e. The third-order valence-corrected chi connectivity index (χ3v) is 5.31. The number of thiophene rings is 1. The molecule has 4 nitrogen and oxygen atoms in total. The summed E-state index contributed by atoms with van der Waals surface area (Å²) in [7, 11) is 1.63. The van der Waals surface area contributed by atoms with Crippen molar-refractivity contribution in [3.05, 3.63) is 70.6 Å². The van der Waals surface area contributed by atoms with E-state index in [9.17, 15) is 13.9 Å². The van der Waals surface area contributed by atoms with Gasteiger partial charge in [0.05, 0.1) is 0 Å². The molecule has 0 saturated heterocycles. The second-order valence-corrected chi connectivity index (χ2v) is 7.23. The lowest BCUT2D eigenvalue weighted by molar-refractivity contribution is 0.184. The topological polar surface area (TPSA) is 56.7 Å². The van der Waals surface area contributed by atoms with Gasteiger partial charge in [-0.25, -0.2) is 8.78 Å². The predicted octanol–water partition coefficient (Wildman–Crippen LogP) is 4.24. The van der Waals surface area contributed by atoms with Gasteiger partial charge in [-0.15, -0.1) is 35.3 Å². The van der Waals surface area contributed by atoms with Crippen LogP contribution in [0.5, 0.6) is 0 Å². The molecule has 0 amide bonds. The lowest BCUT2D eigenvalue weighted by Crippen LogP contribution is -2.40. The first-order valence-electron chi connectivity index (χ1n) is 8.61. The lowest BCUT2D eigenvalue weighted by atomic mass is 10.1. The number of fused-ring (bicyclic) bond motifs is 1. The van der Waals surface area contributed by atoms with Gasteiger partial charge in [-0.05, 0) is 41.6 Å². The van der Waals surface area contributed by atoms with Gasteiger partial charge >= 0.3 is 0 Å². The van der Waals surface area contributed by atoms with Crippen LogP contribution in [0.2, 0.25) is 0 Å². The van der Waals surface area contributed by atoms with Crippen molar-refractivity contribution in [2.75, 3.05) is 20.1 Å². The van der Waals surface area contributed by atoms with Crippen molar-refractivity contribution in [2.24, 2.45) is 4.99 Å². The van der Waals surface area contributed by atoms with Crippen LogP contribution in [0.1, 0.15) is 16.5 Å². The molecule has 8 heteroatoms. The molecule has 0 aliphatic heterocycles. The van der Waals surface area contributed by atoms with Crippen LogP contribution >= 0.6 is 35.3 Å². The van der Waals surface area contributed by atoms with E-state index >= 15 is 0 Å². The van der Waals surface area contributed by atoms with Gasteiger partial charge in [0.25, 0.3) is 0 Å². The average Bonchev–Trinajstić information content (AvgIpc) is 3.07. The first-order valence-corrected chi connectivity index (χ1v) is 9.43. The van der Waals surface area contributed by atoms with Crippen LogP contribution in [0.25, 0.3) is 10.1 Å². The summed E-state index contributed by atoms with van der Waals surface area (Å²) in [5, 5.41) is 17.7. The van der Waals surface area contributed by atoms with E-state index in [1.807, 2.05) is 30.3 Å². The first kappa shape index (κ1) is 22.5. The van der Waals surface area contributed by atoms with Gasteiger partial charge in [0, 0.05) is 35.8 Å². The molecule has 0 radical (unpaired) electrons. The summed E-state index contributed by atoms with van der Waals surface area (Å²) >= 11 is 1.56. The standard InChI is InChI=1S/C20H21F2N3OS.HI/c1-23-20(24-7-6-13-8-15(21)11-16(22)9-13)25-12-17(26)19-10-14-4-2-3-5-18(14)27-19;/h2-5,8-11,17,26H,6-7,12H2,1H3,(H2,23,24,25);1H. The second kappa shape index (κ2) is 10.7. The molecule has 28 heavy (non-hydrogen) atoms. The lowest BCUT2D eigenvalue weighted by Gasteiger charge is -2.14. The molecule has 0 fully saturated rings. The van der Waals surface area contributed by atoms with Crippen LogP contribution in [0.4, 0.5) is 8.78 Å². The number of hydrogen-bond donors (Lipinski definition) is 3. The maximum atomic E-state index is 13.2. The minimum atomic E-state index is -0.654. The molecular formula is C20H22F2IN3OS. The second-order valence-electron chi connectivity index (χ2n) is 6.11. The summed E-state index contributed by atoms with van der Waals surface area (Å²) in [6.07, 6.45) is -0.202. The number of guanidine groups is 1. The van der Waals surface area contributed by atoms with Crippen LogP contribution in [0.15, 0.2) is 53.5 Å². The zero-order valence-corrected chi connectivity index (χ0v) is 18.4. The SMILES string of the molecule is CN=C(NCCc1cc(F)cc(F)c1)NCC(O)c1cc2ccccc2s1.I. The smallest absolute Gasteiger partial charge is 0.191 e. The number of halogens is 3. The molecule has 0 spiro atoms. The Morgan fingerprint density at radius 3 is 2.50 bits per heavy atom. The summed E-state index contributed by atoms with van der Waals surface area (Å²) in [4.78, 5) is 4.98. The molecule has 3 N–H and O–H groups in total. The van der Waals surface area contributed by atoms with Gasteiger partial charge < -0.3 is 15.7 Å². The quantitative estimate of drug-likeness (QED) is 0.261. The average molecular weight is 517 g/mol. The maximum absolute atomic E-state index is 13.2. The van der Waals surface area contributed by atoms with Crippen molar-refractivity contribution < 1.29 is 13.9 Å². The minimum absolute atomic E-state index is 0. The Morgan fingerprint density at radius 1 is 1.11 bits per heavy atom. The van der Waals surface area contributed by atoms with Gasteiger partial charge in [0.2, 0.25) is 0 Å². The number of nitrogens with one attached hydrogen (secondary N) is 2.